The summed E-state index contributed by atoms with van der Waals surface area (Å²) in [6.07, 6.45) is 0. The highest BCUT2D eigenvalue weighted by atomic mass is 19.3. The van der Waals surface area contributed by atoms with Gasteiger partial charge < -0.3 is 5.32 Å². The Bertz CT molecular complexity index is 316. The van der Waals surface area contributed by atoms with E-state index in [9.17, 15) is 8.78 Å². The number of halogens is 2. The standard InChI is InChI=1S/C11H15F2N/c1-8-9(7-14-3)5-4-6-10(8)11(2,12)13/h4-6,14H,7H2,1-3H3. The van der Waals surface area contributed by atoms with Crippen LogP contribution in [0.3, 0.4) is 0 Å². The number of benzene rings is 1. The van der Waals surface area contributed by atoms with Crippen molar-refractivity contribution in [3.05, 3.63) is 34.9 Å². The molecule has 1 N–H and O–H groups in total. The van der Waals surface area contributed by atoms with Crippen LogP contribution >= 0.6 is 0 Å². The maximum absolute atomic E-state index is 13.1. The minimum absolute atomic E-state index is 0.116. The second-order valence-corrected chi connectivity index (χ2v) is 3.51. The zero-order chi connectivity index (χ0) is 10.8. The molecule has 0 radical (unpaired) electrons. The second kappa shape index (κ2) is 4.05. The first-order valence-electron chi connectivity index (χ1n) is 4.58. The Hall–Kier alpha value is -0.960. The van der Waals surface area contributed by atoms with Gasteiger partial charge >= 0.3 is 0 Å². The smallest absolute Gasteiger partial charge is 0.270 e. The normalized spacial score (nSPS) is 11.8. The Morgan fingerprint density at radius 2 is 2.00 bits per heavy atom. The molecule has 0 amide bonds. The molecule has 0 saturated carbocycles. The van der Waals surface area contributed by atoms with Crippen molar-refractivity contribution in [2.24, 2.45) is 0 Å². The highest BCUT2D eigenvalue weighted by Gasteiger charge is 2.26. The fourth-order valence-electron chi connectivity index (χ4n) is 1.54. The van der Waals surface area contributed by atoms with Gasteiger partial charge in [0.25, 0.3) is 5.92 Å². The quantitative estimate of drug-likeness (QED) is 0.789. The third kappa shape index (κ3) is 2.29. The summed E-state index contributed by atoms with van der Waals surface area (Å²) in [5, 5.41) is 2.96. The van der Waals surface area contributed by atoms with E-state index in [0.717, 1.165) is 12.5 Å². The molecule has 0 spiro atoms. The van der Waals surface area contributed by atoms with Crippen molar-refractivity contribution in [2.45, 2.75) is 26.3 Å². The molecular formula is C11H15F2N. The van der Waals surface area contributed by atoms with Crippen molar-refractivity contribution in [3.63, 3.8) is 0 Å². The van der Waals surface area contributed by atoms with Crippen molar-refractivity contribution in [1.29, 1.82) is 0 Å². The molecule has 78 valence electrons. The number of rotatable bonds is 3. The second-order valence-electron chi connectivity index (χ2n) is 3.51. The summed E-state index contributed by atoms with van der Waals surface area (Å²) in [5.41, 5.74) is 1.71. The molecule has 0 heterocycles. The molecule has 14 heavy (non-hydrogen) atoms. The van der Waals surface area contributed by atoms with E-state index < -0.39 is 5.92 Å². The zero-order valence-electron chi connectivity index (χ0n) is 8.70. The van der Waals surface area contributed by atoms with Gasteiger partial charge in [0.1, 0.15) is 0 Å². The van der Waals surface area contributed by atoms with Crippen LogP contribution in [-0.4, -0.2) is 7.05 Å². The predicted molar refractivity (Wildman–Crippen MR) is 53.5 cm³/mol. The molecule has 1 aromatic carbocycles. The molecule has 0 bridgehead atoms. The lowest BCUT2D eigenvalue weighted by Crippen LogP contribution is -2.13. The van der Waals surface area contributed by atoms with Gasteiger partial charge in [0.05, 0.1) is 0 Å². The van der Waals surface area contributed by atoms with Gasteiger partial charge in [-0.25, -0.2) is 8.78 Å². The Morgan fingerprint density at radius 3 is 2.50 bits per heavy atom. The molecule has 1 rings (SSSR count). The molecule has 0 atom stereocenters. The monoisotopic (exact) mass is 199 g/mol. The van der Waals surface area contributed by atoms with Crippen molar-refractivity contribution in [3.8, 4) is 0 Å². The molecule has 0 aromatic heterocycles. The summed E-state index contributed by atoms with van der Waals surface area (Å²) in [6.45, 7) is 3.29. The largest absolute Gasteiger partial charge is 0.316 e. The lowest BCUT2D eigenvalue weighted by molar-refractivity contribution is 0.0167. The van der Waals surface area contributed by atoms with Crippen LogP contribution in [0, 0.1) is 6.92 Å². The van der Waals surface area contributed by atoms with Crippen LogP contribution in [0.5, 0.6) is 0 Å². The predicted octanol–water partition coefficient (Wildman–Crippen LogP) is 2.83. The van der Waals surface area contributed by atoms with E-state index in [1.807, 2.05) is 6.07 Å². The number of alkyl halides is 2. The van der Waals surface area contributed by atoms with Gasteiger partial charge in [0.15, 0.2) is 0 Å². The maximum atomic E-state index is 13.1. The lowest BCUT2D eigenvalue weighted by Gasteiger charge is -2.16. The van der Waals surface area contributed by atoms with E-state index in [4.69, 9.17) is 0 Å². The van der Waals surface area contributed by atoms with Gasteiger partial charge in [0, 0.05) is 19.0 Å². The topological polar surface area (TPSA) is 12.0 Å². The van der Waals surface area contributed by atoms with Gasteiger partial charge in [-0.2, -0.15) is 0 Å². The number of hydrogen-bond acceptors (Lipinski definition) is 1. The van der Waals surface area contributed by atoms with E-state index >= 15 is 0 Å². The van der Waals surface area contributed by atoms with E-state index in [2.05, 4.69) is 5.32 Å². The average Bonchev–Trinajstić information content (AvgIpc) is 2.07. The average molecular weight is 199 g/mol. The van der Waals surface area contributed by atoms with E-state index in [1.54, 1.807) is 20.0 Å². The first-order chi connectivity index (χ1) is 6.46. The summed E-state index contributed by atoms with van der Waals surface area (Å²) in [4.78, 5) is 0. The minimum Gasteiger partial charge on any atom is -0.316 e. The molecule has 0 aliphatic rings. The van der Waals surface area contributed by atoms with E-state index in [1.165, 1.54) is 6.07 Å². The molecule has 0 unspecified atom stereocenters. The first-order valence-corrected chi connectivity index (χ1v) is 4.58. The van der Waals surface area contributed by atoms with E-state index in [-0.39, 0.29) is 5.56 Å². The Kier molecular flexibility index (Phi) is 3.21. The highest BCUT2D eigenvalue weighted by molar-refractivity contribution is 5.36. The van der Waals surface area contributed by atoms with Crippen LogP contribution < -0.4 is 5.32 Å². The lowest BCUT2D eigenvalue weighted by atomic mass is 9.98. The van der Waals surface area contributed by atoms with Gasteiger partial charge in [-0.1, -0.05) is 18.2 Å². The molecule has 1 aromatic rings. The van der Waals surface area contributed by atoms with Crippen LogP contribution in [0.1, 0.15) is 23.6 Å². The highest BCUT2D eigenvalue weighted by Crippen LogP contribution is 2.30. The Balaban J connectivity index is 3.14. The van der Waals surface area contributed by atoms with Gasteiger partial charge in [-0.15, -0.1) is 0 Å². The summed E-state index contributed by atoms with van der Waals surface area (Å²) in [5.74, 6) is -2.76. The van der Waals surface area contributed by atoms with Crippen molar-refractivity contribution < 1.29 is 8.78 Å². The van der Waals surface area contributed by atoms with Gasteiger partial charge in [-0.3, -0.25) is 0 Å². The minimum atomic E-state index is -2.76. The fraction of sp³-hybridized carbons (Fsp3) is 0.455. The number of nitrogens with one attached hydrogen (secondary N) is 1. The van der Waals surface area contributed by atoms with Crippen LogP contribution in [0.4, 0.5) is 8.78 Å². The van der Waals surface area contributed by atoms with Crippen LogP contribution in [0.25, 0.3) is 0 Å². The molecular weight excluding hydrogens is 184 g/mol. The van der Waals surface area contributed by atoms with Crippen LogP contribution in [-0.2, 0) is 12.5 Å². The van der Waals surface area contributed by atoms with Gasteiger partial charge in [0.2, 0.25) is 0 Å². The van der Waals surface area contributed by atoms with E-state index in [0.29, 0.717) is 12.1 Å². The summed E-state index contributed by atoms with van der Waals surface area (Å²) in [6, 6.07) is 5.02. The van der Waals surface area contributed by atoms with Gasteiger partial charge in [-0.05, 0) is 25.1 Å². The molecule has 0 fully saturated rings. The fourth-order valence-corrected chi connectivity index (χ4v) is 1.54. The summed E-state index contributed by atoms with van der Waals surface area (Å²) >= 11 is 0. The molecule has 3 heteroatoms. The Labute approximate surface area is 83.1 Å². The summed E-state index contributed by atoms with van der Waals surface area (Å²) < 4.78 is 26.2. The van der Waals surface area contributed by atoms with Crippen molar-refractivity contribution in [1.82, 2.24) is 5.32 Å². The van der Waals surface area contributed by atoms with Crippen molar-refractivity contribution >= 4 is 0 Å². The SMILES string of the molecule is CNCc1cccc(C(C)(F)F)c1C. The Morgan fingerprint density at radius 1 is 1.36 bits per heavy atom. The van der Waals surface area contributed by atoms with Crippen LogP contribution in [0.2, 0.25) is 0 Å². The third-order valence-corrected chi connectivity index (χ3v) is 2.29. The zero-order valence-corrected chi connectivity index (χ0v) is 8.70. The summed E-state index contributed by atoms with van der Waals surface area (Å²) in [7, 11) is 1.80. The van der Waals surface area contributed by atoms with Crippen LogP contribution in [0.15, 0.2) is 18.2 Å². The third-order valence-electron chi connectivity index (χ3n) is 2.29. The number of hydrogen-bond donors (Lipinski definition) is 1. The molecule has 0 aliphatic heterocycles. The maximum Gasteiger partial charge on any atom is 0.270 e. The molecule has 1 nitrogen and oxygen atoms in total. The molecule has 0 saturated heterocycles. The van der Waals surface area contributed by atoms with Crippen molar-refractivity contribution in [2.75, 3.05) is 7.05 Å². The first kappa shape index (κ1) is 11.1. The molecule has 0 aliphatic carbocycles.